The maximum Gasteiger partial charge on any atom is 0.0887 e. The molecule has 0 saturated carbocycles. The second-order valence-electron chi connectivity index (χ2n) is 5.01. The van der Waals surface area contributed by atoms with E-state index in [4.69, 9.17) is 0 Å². The minimum atomic E-state index is 0. The molecule has 2 heteroatoms. The lowest BCUT2D eigenvalue weighted by molar-refractivity contribution is -0.960. The second-order valence-corrected chi connectivity index (χ2v) is 5.01. The Kier molecular flexibility index (Phi) is 4.39. The zero-order chi connectivity index (χ0) is 9.15. The van der Waals surface area contributed by atoms with E-state index in [-0.39, 0.29) is 5.48 Å². The van der Waals surface area contributed by atoms with Gasteiger partial charge in [0, 0.05) is 0 Å². The normalized spacial score (nSPS) is 31.1. The zero-order valence-electron chi connectivity index (χ0n) is 9.54. The predicted molar refractivity (Wildman–Crippen MR) is 58.6 cm³/mol. The Bertz CT molecular complexity index is 155. The Morgan fingerprint density at radius 3 is 2.07 bits per heavy atom. The van der Waals surface area contributed by atoms with Crippen LogP contribution in [0.4, 0.5) is 0 Å². The van der Waals surface area contributed by atoms with Gasteiger partial charge in [-0.2, -0.15) is 0 Å². The smallest absolute Gasteiger partial charge is 0.0887 e. The summed E-state index contributed by atoms with van der Waals surface area (Å²) in [6.07, 6.45) is 10.4. The van der Waals surface area contributed by atoms with Crippen molar-refractivity contribution < 1.29 is 9.96 Å². The summed E-state index contributed by atoms with van der Waals surface area (Å²) in [6, 6.07) is 1.02. The molecule has 0 aromatic heterocycles. The number of piperidine rings is 2. The van der Waals surface area contributed by atoms with Crippen LogP contribution < -0.4 is 0 Å². The fraction of sp³-hybridized carbons (Fsp3) is 1.00. The summed E-state index contributed by atoms with van der Waals surface area (Å²) >= 11 is 0. The third kappa shape index (κ3) is 2.12. The van der Waals surface area contributed by atoms with Crippen LogP contribution in [0.2, 0.25) is 0 Å². The maximum atomic E-state index is 2.39. The van der Waals surface area contributed by atoms with Crippen LogP contribution in [-0.4, -0.2) is 35.6 Å². The van der Waals surface area contributed by atoms with Crippen LogP contribution in [-0.2, 0) is 0 Å². The van der Waals surface area contributed by atoms with Gasteiger partial charge in [-0.25, -0.2) is 0 Å². The fourth-order valence-electron chi connectivity index (χ4n) is 3.59. The first-order valence-corrected chi connectivity index (χ1v) is 6.23. The van der Waals surface area contributed by atoms with Crippen molar-refractivity contribution in [2.75, 3.05) is 19.6 Å². The average molecular weight is 199 g/mol. The van der Waals surface area contributed by atoms with Gasteiger partial charge in [-0.1, -0.05) is 6.92 Å². The molecule has 1 spiro atoms. The van der Waals surface area contributed by atoms with Crippen LogP contribution in [0.3, 0.4) is 0 Å². The molecule has 84 valence electrons. The molecule has 0 aliphatic carbocycles. The first-order chi connectivity index (χ1) is 6.37. The first-order valence-electron chi connectivity index (χ1n) is 6.23. The molecule has 2 nitrogen and oxygen atoms in total. The highest BCUT2D eigenvalue weighted by atomic mass is 16.0. The Hall–Kier alpha value is -0.0800. The van der Waals surface area contributed by atoms with Crippen LogP contribution in [0.15, 0.2) is 0 Å². The van der Waals surface area contributed by atoms with Gasteiger partial charge in [0.05, 0.1) is 25.7 Å². The van der Waals surface area contributed by atoms with Crippen LogP contribution in [0.25, 0.3) is 0 Å². The highest BCUT2D eigenvalue weighted by Crippen LogP contribution is 2.31. The molecule has 2 aliphatic rings. The van der Waals surface area contributed by atoms with Gasteiger partial charge in [0.1, 0.15) is 0 Å². The van der Waals surface area contributed by atoms with E-state index in [0.717, 1.165) is 6.04 Å². The molecule has 2 fully saturated rings. The maximum absolute atomic E-state index is 2.39. The number of rotatable bonds is 1. The Morgan fingerprint density at radius 2 is 1.50 bits per heavy atom. The largest absolute Gasteiger partial charge is 0.870 e. The molecule has 1 atom stereocenters. The van der Waals surface area contributed by atoms with Gasteiger partial charge >= 0.3 is 0 Å². The SMILES string of the molecule is CCC1CCCC[N+]12CCCCC2.[OH-]. The van der Waals surface area contributed by atoms with Crippen molar-refractivity contribution in [2.24, 2.45) is 0 Å². The molecule has 0 aromatic carbocycles. The van der Waals surface area contributed by atoms with Crippen molar-refractivity contribution in [3.05, 3.63) is 0 Å². The van der Waals surface area contributed by atoms with Crippen molar-refractivity contribution in [3.8, 4) is 0 Å². The molecule has 1 N–H and O–H groups in total. The van der Waals surface area contributed by atoms with E-state index in [1.54, 1.807) is 0 Å². The minimum absolute atomic E-state index is 0. The zero-order valence-corrected chi connectivity index (χ0v) is 9.54. The average Bonchev–Trinajstić information content (AvgIpc) is 2.20. The summed E-state index contributed by atoms with van der Waals surface area (Å²) < 4.78 is 1.51. The van der Waals surface area contributed by atoms with E-state index in [1.807, 2.05) is 0 Å². The molecule has 0 radical (unpaired) electrons. The topological polar surface area (TPSA) is 30.0 Å². The van der Waals surface area contributed by atoms with Crippen LogP contribution >= 0.6 is 0 Å². The van der Waals surface area contributed by atoms with Gasteiger partial charge in [-0.3, -0.25) is 0 Å². The molecule has 2 heterocycles. The van der Waals surface area contributed by atoms with Crippen molar-refractivity contribution in [1.29, 1.82) is 0 Å². The Balaban J connectivity index is 0.000000980. The van der Waals surface area contributed by atoms with Crippen molar-refractivity contribution >= 4 is 0 Å². The van der Waals surface area contributed by atoms with Gasteiger partial charge in [0.25, 0.3) is 0 Å². The lowest BCUT2D eigenvalue weighted by Crippen LogP contribution is -2.60. The van der Waals surface area contributed by atoms with E-state index in [2.05, 4.69) is 6.92 Å². The fourth-order valence-corrected chi connectivity index (χ4v) is 3.59. The van der Waals surface area contributed by atoms with E-state index < -0.39 is 0 Å². The standard InChI is InChI=1S/C12H24N.H2O/c1-2-12-8-4-7-11-13(12)9-5-3-6-10-13;/h12H,2-11H2,1H3;1H2/q+1;/p-1. The number of nitrogens with zero attached hydrogens (tertiary/aromatic N) is 1. The molecule has 2 rings (SSSR count). The van der Waals surface area contributed by atoms with Gasteiger partial charge in [-0.05, 0) is 44.9 Å². The molecule has 2 aliphatic heterocycles. The molecule has 0 aromatic rings. The summed E-state index contributed by atoms with van der Waals surface area (Å²) in [5, 5.41) is 0. The summed E-state index contributed by atoms with van der Waals surface area (Å²) in [5.41, 5.74) is 0. The number of hydrogen-bond donors (Lipinski definition) is 0. The molecular formula is C12H25NO. The van der Waals surface area contributed by atoms with Crippen molar-refractivity contribution in [1.82, 2.24) is 0 Å². The third-order valence-corrected chi connectivity index (χ3v) is 4.34. The van der Waals surface area contributed by atoms with E-state index in [1.165, 1.54) is 69.1 Å². The summed E-state index contributed by atoms with van der Waals surface area (Å²) in [7, 11) is 0. The molecule has 2 saturated heterocycles. The van der Waals surface area contributed by atoms with Gasteiger partial charge in [0.15, 0.2) is 0 Å². The minimum Gasteiger partial charge on any atom is -0.870 e. The van der Waals surface area contributed by atoms with E-state index in [0.29, 0.717) is 0 Å². The highest BCUT2D eigenvalue weighted by molar-refractivity contribution is 4.68. The molecule has 0 bridgehead atoms. The summed E-state index contributed by atoms with van der Waals surface area (Å²) in [4.78, 5) is 0. The van der Waals surface area contributed by atoms with Crippen LogP contribution in [0.1, 0.15) is 51.9 Å². The van der Waals surface area contributed by atoms with Crippen LogP contribution in [0, 0.1) is 0 Å². The molecule has 0 amide bonds. The molecule has 1 unspecified atom stereocenters. The van der Waals surface area contributed by atoms with Gasteiger partial charge < -0.3 is 9.96 Å². The van der Waals surface area contributed by atoms with Gasteiger partial charge in [0.2, 0.25) is 0 Å². The number of quaternary nitrogens is 1. The summed E-state index contributed by atoms with van der Waals surface area (Å²) in [6.45, 7) is 6.89. The predicted octanol–water partition coefficient (Wildman–Crippen LogP) is 2.77. The number of hydrogen-bond acceptors (Lipinski definition) is 1. The third-order valence-electron chi connectivity index (χ3n) is 4.34. The monoisotopic (exact) mass is 199 g/mol. The lowest BCUT2D eigenvalue weighted by atomic mass is 9.92. The van der Waals surface area contributed by atoms with E-state index >= 15 is 0 Å². The molecule has 14 heavy (non-hydrogen) atoms. The van der Waals surface area contributed by atoms with Gasteiger partial charge in [-0.15, -0.1) is 0 Å². The second kappa shape index (κ2) is 5.13. The quantitative estimate of drug-likeness (QED) is 0.597. The Morgan fingerprint density at radius 1 is 0.929 bits per heavy atom. The first kappa shape index (κ1) is 12.0. The summed E-state index contributed by atoms with van der Waals surface area (Å²) in [5.74, 6) is 0. The lowest BCUT2D eigenvalue weighted by Gasteiger charge is -2.50. The van der Waals surface area contributed by atoms with E-state index in [9.17, 15) is 0 Å². The highest BCUT2D eigenvalue weighted by Gasteiger charge is 2.38. The van der Waals surface area contributed by atoms with Crippen LogP contribution in [0.5, 0.6) is 0 Å². The molecular weight excluding hydrogens is 174 g/mol. The van der Waals surface area contributed by atoms with Crippen molar-refractivity contribution in [2.45, 2.75) is 57.9 Å². The Labute approximate surface area is 88.2 Å². The van der Waals surface area contributed by atoms with Crippen molar-refractivity contribution in [3.63, 3.8) is 0 Å².